The minimum absolute atomic E-state index is 0.236. The first kappa shape index (κ1) is 22.6. The van der Waals surface area contributed by atoms with Gasteiger partial charge in [-0.05, 0) is 56.7 Å². The van der Waals surface area contributed by atoms with Crippen LogP contribution in [-0.4, -0.2) is 35.8 Å². The Morgan fingerprint density at radius 3 is 2.75 bits per heavy atom. The fourth-order valence-electron chi connectivity index (χ4n) is 3.55. The predicted molar refractivity (Wildman–Crippen MR) is 117 cm³/mol. The normalized spacial score (nSPS) is 14.0. The van der Waals surface area contributed by atoms with Crippen molar-refractivity contribution in [2.75, 3.05) is 6.61 Å². The Labute approximate surface area is 189 Å². The Morgan fingerprint density at radius 2 is 2.12 bits per heavy atom. The zero-order chi connectivity index (χ0) is 23.0. The molecule has 0 radical (unpaired) electrons. The van der Waals surface area contributed by atoms with Gasteiger partial charge in [-0.15, -0.1) is 11.3 Å². The molecule has 2 aromatic heterocycles. The minimum atomic E-state index is -4.12. The summed E-state index contributed by atoms with van der Waals surface area (Å²) in [6.45, 7) is 3.88. The third-order valence-corrected chi connectivity index (χ3v) is 7.07. The van der Waals surface area contributed by atoms with E-state index in [-0.39, 0.29) is 12.3 Å². The quantitative estimate of drug-likeness (QED) is 0.497. The van der Waals surface area contributed by atoms with Crippen molar-refractivity contribution in [2.45, 2.75) is 44.4 Å². The molecule has 4 rings (SSSR count). The highest BCUT2D eigenvalue weighted by Gasteiger charge is 2.28. The van der Waals surface area contributed by atoms with Gasteiger partial charge in [-0.1, -0.05) is 6.07 Å². The third kappa shape index (κ3) is 4.74. The molecule has 1 aliphatic carbocycles. The SMILES string of the molecule is CCOC(=O)c1csc(-n2nc(C)c(Cc3ccc(S(N)(=O)=O)c(F)c3)c2CC2CC2)n1. The molecule has 0 bridgehead atoms. The molecule has 170 valence electrons. The number of hydrogen-bond acceptors (Lipinski definition) is 7. The molecule has 32 heavy (non-hydrogen) atoms. The number of nitrogens with zero attached hydrogens (tertiary/aromatic N) is 3. The highest BCUT2D eigenvalue weighted by atomic mass is 32.2. The number of aryl methyl sites for hydroxylation is 1. The van der Waals surface area contributed by atoms with Crippen LogP contribution in [0.1, 0.15) is 52.8 Å². The summed E-state index contributed by atoms with van der Waals surface area (Å²) in [5.41, 5.74) is 3.52. The van der Waals surface area contributed by atoms with Crippen LogP contribution in [0.25, 0.3) is 5.13 Å². The Balaban J connectivity index is 1.70. The summed E-state index contributed by atoms with van der Waals surface area (Å²) in [4.78, 5) is 15.9. The van der Waals surface area contributed by atoms with Crippen LogP contribution >= 0.6 is 11.3 Å². The number of hydrogen-bond donors (Lipinski definition) is 1. The van der Waals surface area contributed by atoms with E-state index >= 15 is 0 Å². The van der Waals surface area contributed by atoms with Crippen molar-refractivity contribution in [1.82, 2.24) is 14.8 Å². The second-order valence-corrected chi connectivity index (χ2v) is 10.2. The van der Waals surface area contributed by atoms with Crippen molar-refractivity contribution >= 4 is 27.3 Å². The van der Waals surface area contributed by atoms with Gasteiger partial charge >= 0.3 is 5.97 Å². The minimum Gasteiger partial charge on any atom is -0.461 e. The first-order chi connectivity index (χ1) is 15.2. The summed E-state index contributed by atoms with van der Waals surface area (Å²) < 4.78 is 44.1. The number of aromatic nitrogens is 3. The van der Waals surface area contributed by atoms with E-state index in [9.17, 15) is 17.6 Å². The molecule has 1 aromatic carbocycles. The second kappa shape index (κ2) is 8.72. The number of primary sulfonamides is 1. The van der Waals surface area contributed by atoms with Crippen molar-refractivity contribution < 1.29 is 22.3 Å². The van der Waals surface area contributed by atoms with E-state index in [1.165, 1.54) is 23.5 Å². The highest BCUT2D eigenvalue weighted by Crippen LogP contribution is 2.36. The summed E-state index contributed by atoms with van der Waals surface area (Å²) in [7, 11) is -4.12. The lowest BCUT2D eigenvalue weighted by molar-refractivity contribution is 0.0520. The van der Waals surface area contributed by atoms with Crippen molar-refractivity contribution in [1.29, 1.82) is 0 Å². The van der Waals surface area contributed by atoms with Crippen molar-refractivity contribution in [3.05, 3.63) is 57.6 Å². The number of benzene rings is 1. The number of ether oxygens (including phenoxy) is 1. The van der Waals surface area contributed by atoms with Gasteiger partial charge in [0.2, 0.25) is 15.2 Å². The third-order valence-electron chi connectivity index (χ3n) is 5.31. The lowest BCUT2D eigenvalue weighted by atomic mass is 10.0. The number of carbonyl (C=O) groups is 1. The van der Waals surface area contributed by atoms with E-state index in [0.29, 0.717) is 23.0 Å². The molecule has 0 aliphatic heterocycles. The maximum absolute atomic E-state index is 14.3. The maximum Gasteiger partial charge on any atom is 0.357 e. The van der Waals surface area contributed by atoms with E-state index in [4.69, 9.17) is 9.88 Å². The van der Waals surface area contributed by atoms with Crippen molar-refractivity contribution in [3.8, 4) is 5.13 Å². The summed E-state index contributed by atoms with van der Waals surface area (Å²) in [6, 6.07) is 3.94. The van der Waals surface area contributed by atoms with E-state index in [0.717, 1.165) is 36.2 Å². The summed E-state index contributed by atoms with van der Waals surface area (Å²) in [5.74, 6) is -0.805. The van der Waals surface area contributed by atoms with Gasteiger partial charge in [0.05, 0.1) is 18.0 Å². The molecule has 1 saturated carbocycles. The highest BCUT2D eigenvalue weighted by molar-refractivity contribution is 7.89. The molecule has 1 fully saturated rings. The molecule has 0 spiro atoms. The molecule has 2 heterocycles. The molecular formula is C21H23FN4O4S2. The molecule has 8 nitrogen and oxygen atoms in total. The number of sulfonamides is 1. The van der Waals surface area contributed by atoms with Crippen LogP contribution in [0.15, 0.2) is 28.5 Å². The topological polar surface area (TPSA) is 117 Å². The van der Waals surface area contributed by atoms with Crippen LogP contribution in [0.2, 0.25) is 0 Å². The molecular weight excluding hydrogens is 455 g/mol. The fraction of sp³-hybridized carbons (Fsp3) is 0.381. The molecule has 11 heteroatoms. The zero-order valence-electron chi connectivity index (χ0n) is 17.7. The average molecular weight is 479 g/mol. The van der Waals surface area contributed by atoms with Crippen molar-refractivity contribution in [3.63, 3.8) is 0 Å². The standard InChI is InChI=1S/C21H23FN4O4S2/c1-3-30-20(27)17-11-31-21(24-17)26-18(10-13-4-5-13)15(12(2)25-26)8-14-6-7-19(16(22)9-14)32(23,28)29/h6-7,9,11,13H,3-5,8,10H2,1-2H3,(H2,23,28,29). The van der Waals surface area contributed by atoms with Crippen molar-refractivity contribution in [2.24, 2.45) is 11.1 Å². The van der Waals surface area contributed by atoms with Gasteiger partial charge in [-0.2, -0.15) is 5.10 Å². The molecule has 1 aliphatic rings. The molecule has 0 atom stereocenters. The number of thiazole rings is 1. The Bertz CT molecular complexity index is 1280. The Morgan fingerprint density at radius 1 is 1.38 bits per heavy atom. The van der Waals surface area contributed by atoms with Crippen LogP contribution < -0.4 is 5.14 Å². The largest absolute Gasteiger partial charge is 0.461 e. The molecule has 0 unspecified atom stereocenters. The molecule has 0 amide bonds. The first-order valence-corrected chi connectivity index (χ1v) is 12.6. The first-order valence-electron chi connectivity index (χ1n) is 10.2. The summed E-state index contributed by atoms with van der Waals surface area (Å²) in [5, 5.41) is 11.9. The summed E-state index contributed by atoms with van der Waals surface area (Å²) in [6.07, 6.45) is 3.44. The van der Waals surface area contributed by atoms with Crippen LogP contribution in [-0.2, 0) is 27.6 Å². The van der Waals surface area contributed by atoms with Crippen LogP contribution in [0.3, 0.4) is 0 Å². The van der Waals surface area contributed by atoms with Gasteiger partial charge in [0.1, 0.15) is 10.7 Å². The molecule has 2 N–H and O–H groups in total. The molecule has 0 saturated heterocycles. The van der Waals surface area contributed by atoms with E-state index < -0.39 is 26.7 Å². The van der Waals surface area contributed by atoms with Crippen LogP contribution in [0, 0.1) is 18.7 Å². The van der Waals surface area contributed by atoms with Crippen LogP contribution in [0.4, 0.5) is 4.39 Å². The van der Waals surface area contributed by atoms with Gasteiger partial charge in [0.25, 0.3) is 0 Å². The number of nitrogens with two attached hydrogens (primary N) is 1. The van der Waals surface area contributed by atoms with Gasteiger partial charge in [-0.3, -0.25) is 0 Å². The maximum atomic E-state index is 14.3. The average Bonchev–Trinajstić information content (AvgIpc) is 3.30. The predicted octanol–water partition coefficient (Wildman–Crippen LogP) is 3.14. The van der Waals surface area contributed by atoms with Gasteiger partial charge < -0.3 is 4.74 Å². The lowest BCUT2D eigenvalue weighted by Crippen LogP contribution is -2.14. The van der Waals surface area contributed by atoms with E-state index in [1.54, 1.807) is 23.1 Å². The van der Waals surface area contributed by atoms with E-state index in [2.05, 4.69) is 10.1 Å². The van der Waals surface area contributed by atoms with E-state index in [1.807, 2.05) is 6.92 Å². The summed E-state index contributed by atoms with van der Waals surface area (Å²) >= 11 is 1.30. The number of rotatable bonds is 8. The van der Waals surface area contributed by atoms with Crippen LogP contribution in [0.5, 0.6) is 0 Å². The van der Waals surface area contributed by atoms with Gasteiger partial charge in [0, 0.05) is 17.4 Å². The second-order valence-electron chi connectivity index (χ2n) is 7.79. The fourth-order valence-corrected chi connectivity index (χ4v) is 4.91. The Kier molecular flexibility index (Phi) is 6.15. The number of esters is 1. The number of halogens is 1. The van der Waals surface area contributed by atoms with Gasteiger partial charge in [0.15, 0.2) is 5.69 Å². The zero-order valence-corrected chi connectivity index (χ0v) is 19.3. The smallest absolute Gasteiger partial charge is 0.357 e. The van der Waals surface area contributed by atoms with Gasteiger partial charge in [-0.25, -0.2) is 32.4 Å². The monoisotopic (exact) mass is 478 g/mol. The molecule has 3 aromatic rings. The lowest BCUT2D eigenvalue weighted by Gasteiger charge is -2.09. The Hall–Kier alpha value is -2.63. The number of carbonyl (C=O) groups excluding carboxylic acids is 1.